The SMILES string of the molecule is O=C(CCSc1ccc(F)c(F)c1)NNC(=O)C1CCCCC1. The summed E-state index contributed by atoms with van der Waals surface area (Å²) in [6.45, 7) is 0. The number of hydrogen-bond acceptors (Lipinski definition) is 3. The third-order valence-corrected chi connectivity index (χ3v) is 4.79. The van der Waals surface area contributed by atoms with E-state index in [9.17, 15) is 18.4 Å². The van der Waals surface area contributed by atoms with Gasteiger partial charge in [-0.3, -0.25) is 20.4 Å². The molecule has 0 spiro atoms. The van der Waals surface area contributed by atoms with Gasteiger partial charge in [0.25, 0.3) is 0 Å². The van der Waals surface area contributed by atoms with Crippen molar-refractivity contribution in [2.75, 3.05) is 5.75 Å². The molecule has 1 fully saturated rings. The van der Waals surface area contributed by atoms with Gasteiger partial charge in [-0.25, -0.2) is 8.78 Å². The largest absolute Gasteiger partial charge is 0.273 e. The van der Waals surface area contributed by atoms with Crippen molar-refractivity contribution >= 4 is 23.6 Å². The lowest BCUT2D eigenvalue weighted by atomic mass is 9.89. The lowest BCUT2D eigenvalue weighted by Crippen LogP contribution is -2.45. The fraction of sp³-hybridized carbons (Fsp3) is 0.500. The predicted octanol–water partition coefficient (Wildman–Crippen LogP) is 3.17. The zero-order valence-electron chi connectivity index (χ0n) is 12.7. The number of halogens is 2. The molecule has 2 amide bonds. The first-order valence-electron chi connectivity index (χ1n) is 7.73. The highest BCUT2D eigenvalue weighted by atomic mass is 32.2. The van der Waals surface area contributed by atoms with Crippen LogP contribution in [0.15, 0.2) is 23.1 Å². The maximum atomic E-state index is 13.0. The van der Waals surface area contributed by atoms with Crippen molar-refractivity contribution < 1.29 is 18.4 Å². The summed E-state index contributed by atoms with van der Waals surface area (Å²) in [5.41, 5.74) is 4.86. The van der Waals surface area contributed by atoms with Crippen molar-refractivity contribution in [1.82, 2.24) is 10.9 Å². The van der Waals surface area contributed by atoms with Gasteiger partial charge in [-0.05, 0) is 31.0 Å². The molecule has 0 saturated heterocycles. The summed E-state index contributed by atoms with van der Waals surface area (Å²) < 4.78 is 25.8. The van der Waals surface area contributed by atoms with E-state index in [1.54, 1.807) is 0 Å². The molecule has 0 atom stereocenters. The fourth-order valence-corrected chi connectivity index (χ4v) is 3.36. The lowest BCUT2D eigenvalue weighted by molar-refractivity contribution is -0.131. The molecule has 0 unspecified atom stereocenters. The Morgan fingerprint density at radius 1 is 1.09 bits per heavy atom. The molecule has 1 aromatic carbocycles. The number of thioether (sulfide) groups is 1. The normalized spacial score (nSPS) is 15.2. The second kappa shape index (κ2) is 8.86. The molecular formula is C16H20F2N2O2S. The first-order chi connectivity index (χ1) is 11.1. The standard InChI is InChI=1S/C16H20F2N2O2S/c17-13-7-6-12(10-14(13)18)23-9-8-15(21)19-20-16(22)11-4-2-1-3-5-11/h6-7,10-11H,1-5,8-9H2,(H,19,21)(H,20,22). The molecule has 1 aliphatic carbocycles. The third kappa shape index (κ3) is 5.82. The molecule has 2 rings (SSSR count). The molecule has 1 aliphatic rings. The van der Waals surface area contributed by atoms with E-state index in [1.165, 1.54) is 17.8 Å². The van der Waals surface area contributed by atoms with E-state index >= 15 is 0 Å². The quantitative estimate of drug-likeness (QED) is 0.638. The van der Waals surface area contributed by atoms with Crippen molar-refractivity contribution in [1.29, 1.82) is 0 Å². The number of rotatable bonds is 5. The molecule has 4 nitrogen and oxygen atoms in total. The maximum Gasteiger partial charge on any atom is 0.241 e. The zero-order chi connectivity index (χ0) is 16.7. The number of amides is 2. The molecular weight excluding hydrogens is 322 g/mol. The van der Waals surface area contributed by atoms with Crippen molar-refractivity contribution in [2.24, 2.45) is 5.92 Å². The number of carbonyl (C=O) groups excluding carboxylic acids is 2. The van der Waals surface area contributed by atoms with Crippen molar-refractivity contribution in [3.05, 3.63) is 29.8 Å². The summed E-state index contributed by atoms with van der Waals surface area (Å²) >= 11 is 1.25. The highest BCUT2D eigenvalue weighted by Crippen LogP contribution is 2.23. The van der Waals surface area contributed by atoms with Crippen LogP contribution in [0.3, 0.4) is 0 Å². The van der Waals surface area contributed by atoms with Gasteiger partial charge in [-0.1, -0.05) is 19.3 Å². The van der Waals surface area contributed by atoms with Gasteiger partial charge in [0.05, 0.1) is 0 Å². The Bertz CT molecular complexity index is 563. The summed E-state index contributed by atoms with van der Waals surface area (Å²) in [7, 11) is 0. The van der Waals surface area contributed by atoms with Gasteiger partial charge in [0.15, 0.2) is 11.6 Å². The number of benzene rings is 1. The van der Waals surface area contributed by atoms with E-state index in [-0.39, 0.29) is 24.2 Å². The second-order valence-electron chi connectivity index (χ2n) is 5.55. The van der Waals surface area contributed by atoms with E-state index in [4.69, 9.17) is 0 Å². The number of hydrogen-bond donors (Lipinski definition) is 2. The molecule has 0 radical (unpaired) electrons. The molecule has 0 aliphatic heterocycles. The summed E-state index contributed by atoms with van der Waals surface area (Å²) in [6, 6.07) is 3.62. The van der Waals surface area contributed by atoms with E-state index in [0.29, 0.717) is 10.6 Å². The predicted molar refractivity (Wildman–Crippen MR) is 84.6 cm³/mol. The van der Waals surface area contributed by atoms with Crippen LogP contribution in [0, 0.1) is 17.6 Å². The highest BCUT2D eigenvalue weighted by molar-refractivity contribution is 7.99. The Hall–Kier alpha value is -1.63. The maximum absolute atomic E-state index is 13.0. The average Bonchev–Trinajstić information content (AvgIpc) is 2.56. The van der Waals surface area contributed by atoms with Crippen molar-refractivity contribution in [3.63, 3.8) is 0 Å². The minimum absolute atomic E-state index is 0.0133. The molecule has 0 heterocycles. The Labute approximate surface area is 138 Å². The topological polar surface area (TPSA) is 58.2 Å². The number of hydrazine groups is 1. The van der Waals surface area contributed by atoms with Gasteiger partial charge in [-0.2, -0.15) is 0 Å². The van der Waals surface area contributed by atoms with Crippen LogP contribution in [-0.2, 0) is 9.59 Å². The van der Waals surface area contributed by atoms with Crippen LogP contribution in [0.2, 0.25) is 0 Å². The van der Waals surface area contributed by atoms with Crippen LogP contribution in [-0.4, -0.2) is 17.6 Å². The molecule has 2 N–H and O–H groups in total. The van der Waals surface area contributed by atoms with Crippen LogP contribution in [0.5, 0.6) is 0 Å². The van der Waals surface area contributed by atoms with Gasteiger partial charge in [0, 0.05) is 23.0 Å². The molecule has 0 aromatic heterocycles. The smallest absolute Gasteiger partial charge is 0.241 e. The number of nitrogens with one attached hydrogen (secondary N) is 2. The Morgan fingerprint density at radius 2 is 1.83 bits per heavy atom. The van der Waals surface area contributed by atoms with Gasteiger partial charge in [0.1, 0.15) is 0 Å². The Kier molecular flexibility index (Phi) is 6.83. The van der Waals surface area contributed by atoms with Gasteiger partial charge < -0.3 is 0 Å². The van der Waals surface area contributed by atoms with Crippen LogP contribution < -0.4 is 10.9 Å². The van der Waals surface area contributed by atoms with E-state index in [1.807, 2.05) is 0 Å². The van der Waals surface area contributed by atoms with E-state index in [0.717, 1.165) is 44.2 Å². The molecule has 0 bridgehead atoms. The van der Waals surface area contributed by atoms with Crippen LogP contribution >= 0.6 is 11.8 Å². The fourth-order valence-electron chi connectivity index (χ4n) is 2.49. The minimum atomic E-state index is -0.904. The van der Waals surface area contributed by atoms with Gasteiger partial charge in [0.2, 0.25) is 11.8 Å². The summed E-state index contributed by atoms with van der Waals surface area (Å²) in [6.07, 6.45) is 5.18. The minimum Gasteiger partial charge on any atom is -0.273 e. The van der Waals surface area contributed by atoms with Crippen LogP contribution in [0.25, 0.3) is 0 Å². The first kappa shape index (κ1) is 17.7. The zero-order valence-corrected chi connectivity index (χ0v) is 13.6. The summed E-state index contributed by atoms with van der Waals surface area (Å²) in [5.74, 6) is -1.83. The van der Waals surface area contributed by atoms with Crippen LogP contribution in [0.1, 0.15) is 38.5 Å². The van der Waals surface area contributed by atoms with E-state index < -0.39 is 11.6 Å². The Balaban J connectivity index is 1.64. The monoisotopic (exact) mass is 342 g/mol. The summed E-state index contributed by atoms with van der Waals surface area (Å²) in [4.78, 5) is 24.1. The van der Waals surface area contributed by atoms with Gasteiger partial charge in [-0.15, -0.1) is 11.8 Å². The van der Waals surface area contributed by atoms with Crippen LogP contribution in [0.4, 0.5) is 8.78 Å². The van der Waals surface area contributed by atoms with Crippen molar-refractivity contribution in [2.45, 2.75) is 43.4 Å². The summed E-state index contributed by atoms with van der Waals surface area (Å²) in [5, 5.41) is 0. The van der Waals surface area contributed by atoms with E-state index in [2.05, 4.69) is 10.9 Å². The lowest BCUT2D eigenvalue weighted by Gasteiger charge is -2.20. The third-order valence-electron chi connectivity index (χ3n) is 3.79. The highest BCUT2D eigenvalue weighted by Gasteiger charge is 2.21. The molecule has 1 saturated carbocycles. The molecule has 7 heteroatoms. The number of carbonyl (C=O) groups is 2. The Morgan fingerprint density at radius 3 is 2.52 bits per heavy atom. The second-order valence-corrected chi connectivity index (χ2v) is 6.72. The molecule has 126 valence electrons. The average molecular weight is 342 g/mol. The molecule has 23 heavy (non-hydrogen) atoms. The van der Waals surface area contributed by atoms with Gasteiger partial charge >= 0.3 is 0 Å². The molecule has 1 aromatic rings. The first-order valence-corrected chi connectivity index (χ1v) is 8.71. The van der Waals surface area contributed by atoms with Crippen molar-refractivity contribution in [3.8, 4) is 0 Å².